The van der Waals surface area contributed by atoms with E-state index in [9.17, 15) is 0 Å². The number of benzene rings is 6. The minimum Gasteiger partial charge on any atom is -0.355 e. The molecular weight excluding hydrogens is 410 g/mol. The minimum atomic E-state index is -0.438. The molecule has 0 saturated carbocycles. The van der Waals surface area contributed by atoms with Crippen LogP contribution in [0.1, 0.15) is 22.3 Å². The molecule has 1 heterocycles. The van der Waals surface area contributed by atoms with Crippen molar-refractivity contribution in [1.29, 1.82) is 0 Å². The van der Waals surface area contributed by atoms with Gasteiger partial charge in [0, 0.05) is 11.4 Å². The molecule has 0 fully saturated rings. The zero-order valence-electron chi connectivity index (χ0n) is 18.7. The second-order valence-electron chi connectivity index (χ2n) is 9.09. The number of anilines is 2. The zero-order valence-corrected chi connectivity index (χ0v) is 18.7. The summed E-state index contributed by atoms with van der Waals surface area (Å²) in [6.07, 6.45) is 0. The fourth-order valence-electron chi connectivity index (χ4n) is 5.76. The van der Waals surface area contributed by atoms with Crippen LogP contribution in [0, 0.1) is 0 Å². The number of hydrogen-bond donors (Lipinski definition) is 1. The smallest absolute Gasteiger partial charge is 0.0742 e. The highest BCUT2D eigenvalue weighted by molar-refractivity contribution is 5.89. The molecule has 0 aromatic heterocycles. The van der Waals surface area contributed by atoms with Gasteiger partial charge in [0.15, 0.2) is 0 Å². The molecule has 0 amide bonds. The first-order chi connectivity index (χ1) is 16.8. The van der Waals surface area contributed by atoms with E-state index in [2.05, 4.69) is 139 Å². The summed E-state index contributed by atoms with van der Waals surface area (Å²) in [4.78, 5) is 0. The largest absolute Gasteiger partial charge is 0.355 e. The highest BCUT2D eigenvalue weighted by atomic mass is 14.9. The lowest BCUT2D eigenvalue weighted by atomic mass is 9.62. The molecule has 0 aliphatic carbocycles. The summed E-state index contributed by atoms with van der Waals surface area (Å²) in [5.41, 5.74) is 6.99. The van der Waals surface area contributed by atoms with Crippen LogP contribution in [0.2, 0.25) is 0 Å². The summed E-state index contributed by atoms with van der Waals surface area (Å²) in [5, 5.41) is 8.74. The molecule has 0 radical (unpaired) electrons. The van der Waals surface area contributed by atoms with E-state index >= 15 is 0 Å². The van der Waals surface area contributed by atoms with Crippen LogP contribution in [0.15, 0.2) is 133 Å². The molecule has 34 heavy (non-hydrogen) atoms. The number of hydrogen-bond acceptors (Lipinski definition) is 1. The fourth-order valence-corrected chi connectivity index (χ4v) is 5.76. The van der Waals surface area contributed by atoms with Gasteiger partial charge in [0.25, 0.3) is 0 Å². The Labute approximate surface area is 199 Å². The molecule has 0 atom stereocenters. The van der Waals surface area contributed by atoms with E-state index in [4.69, 9.17) is 0 Å². The topological polar surface area (TPSA) is 12.0 Å². The van der Waals surface area contributed by atoms with Crippen molar-refractivity contribution in [3.05, 3.63) is 156 Å². The molecule has 6 aromatic carbocycles. The van der Waals surface area contributed by atoms with Gasteiger partial charge in [0.05, 0.1) is 5.41 Å². The monoisotopic (exact) mass is 433 g/mol. The molecule has 7 rings (SSSR count). The van der Waals surface area contributed by atoms with Gasteiger partial charge in [-0.25, -0.2) is 0 Å². The van der Waals surface area contributed by atoms with Crippen LogP contribution >= 0.6 is 0 Å². The van der Waals surface area contributed by atoms with Crippen LogP contribution < -0.4 is 5.32 Å². The van der Waals surface area contributed by atoms with Crippen molar-refractivity contribution < 1.29 is 0 Å². The highest BCUT2D eigenvalue weighted by Crippen LogP contribution is 2.54. The van der Waals surface area contributed by atoms with Gasteiger partial charge in [-0.15, -0.1) is 0 Å². The standard InChI is InChI=1S/C33H23N/c1-3-11-25-21-27(19-17-23(25)9-1)33(28-20-18-24-10-2-4-12-26(24)22-28)29-13-5-7-15-31(29)34-32-16-8-6-14-30(32)33/h1-22,34H. The van der Waals surface area contributed by atoms with Crippen molar-refractivity contribution in [3.8, 4) is 0 Å². The summed E-state index contributed by atoms with van der Waals surface area (Å²) in [7, 11) is 0. The summed E-state index contributed by atoms with van der Waals surface area (Å²) < 4.78 is 0. The van der Waals surface area contributed by atoms with Crippen molar-refractivity contribution in [2.24, 2.45) is 0 Å². The van der Waals surface area contributed by atoms with Crippen molar-refractivity contribution in [2.75, 3.05) is 5.32 Å². The van der Waals surface area contributed by atoms with Crippen molar-refractivity contribution in [1.82, 2.24) is 0 Å². The van der Waals surface area contributed by atoms with Gasteiger partial charge >= 0.3 is 0 Å². The van der Waals surface area contributed by atoms with E-state index in [1.54, 1.807) is 0 Å². The van der Waals surface area contributed by atoms with Gasteiger partial charge in [0.2, 0.25) is 0 Å². The normalized spacial score (nSPS) is 13.8. The van der Waals surface area contributed by atoms with Crippen LogP contribution in [0.5, 0.6) is 0 Å². The van der Waals surface area contributed by atoms with Gasteiger partial charge < -0.3 is 5.32 Å². The highest BCUT2D eigenvalue weighted by Gasteiger charge is 2.44. The Bertz CT molecular complexity index is 1570. The van der Waals surface area contributed by atoms with Gasteiger partial charge in [-0.1, -0.05) is 109 Å². The number of nitrogens with one attached hydrogen (secondary N) is 1. The molecular formula is C33H23N. The molecule has 0 spiro atoms. The molecule has 1 nitrogen and oxygen atoms in total. The molecule has 1 aliphatic rings. The van der Waals surface area contributed by atoms with E-state index in [0.717, 1.165) is 11.4 Å². The molecule has 6 aromatic rings. The Morgan fingerprint density at radius 3 is 1.29 bits per heavy atom. The third-order valence-corrected chi connectivity index (χ3v) is 7.30. The quantitative estimate of drug-likeness (QED) is 0.288. The van der Waals surface area contributed by atoms with E-state index < -0.39 is 5.41 Å². The van der Waals surface area contributed by atoms with E-state index in [1.807, 2.05) is 0 Å². The molecule has 1 aliphatic heterocycles. The van der Waals surface area contributed by atoms with Crippen LogP contribution in [-0.4, -0.2) is 0 Å². The Balaban J connectivity index is 1.66. The van der Waals surface area contributed by atoms with Gasteiger partial charge in [-0.3, -0.25) is 0 Å². The lowest BCUT2D eigenvalue weighted by Crippen LogP contribution is -2.35. The minimum absolute atomic E-state index is 0.438. The van der Waals surface area contributed by atoms with Crippen LogP contribution in [0.3, 0.4) is 0 Å². The van der Waals surface area contributed by atoms with Crippen LogP contribution in [0.25, 0.3) is 21.5 Å². The molecule has 0 saturated heterocycles. The van der Waals surface area contributed by atoms with Crippen molar-refractivity contribution in [2.45, 2.75) is 5.41 Å². The van der Waals surface area contributed by atoms with Gasteiger partial charge in [-0.05, 0) is 68.1 Å². The fraction of sp³-hybridized carbons (Fsp3) is 0.0303. The maximum atomic E-state index is 3.71. The van der Waals surface area contributed by atoms with E-state index in [0.29, 0.717) is 0 Å². The maximum Gasteiger partial charge on any atom is 0.0742 e. The second kappa shape index (κ2) is 7.33. The average molecular weight is 434 g/mol. The maximum absolute atomic E-state index is 3.71. The molecule has 0 unspecified atom stereocenters. The summed E-state index contributed by atoms with van der Waals surface area (Å²) in [6, 6.07) is 48.7. The zero-order chi connectivity index (χ0) is 22.5. The Hall–Kier alpha value is -4.36. The number of rotatable bonds is 2. The predicted molar refractivity (Wildman–Crippen MR) is 143 cm³/mol. The first kappa shape index (κ1) is 19.1. The number of fused-ring (bicyclic) bond motifs is 4. The summed E-state index contributed by atoms with van der Waals surface area (Å²) >= 11 is 0. The molecule has 0 bridgehead atoms. The predicted octanol–water partition coefficient (Wildman–Crippen LogP) is 8.43. The molecule has 160 valence electrons. The van der Waals surface area contributed by atoms with Crippen molar-refractivity contribution in [3.63, 3.8) is 0 Å². The third-order valence-electron chi connectivity index (χ3n) is 7.30. The molecule has 1 N–H and O–H groups in total. The Kier molecular flexibility index (Phi) is 4.13. The first-order valence-corrected chi connectivity index (χ1v) is 11.8. The van der Waals surface area contributed by atoms with Gasteiger partial charge in [0.1, 0.15) is 0 Å². The Morgan fingerprint density at radius 1 is 0.382 bits per heavy atom. The lowest BCUT2D eigenvalue weighted by Gasteiger charge is -2.42. The lowest BCUT2D eigenvalue weighted by molar-refractivity contribution is 0.743. The molecule has 1 heteroatoms. The third kappa shape index (κ3) is 2.67. The first-order valence-electron chi connectivity index (χ1n) is 11.8. The van der Waals surface area contributed by atoms with E-state index in [1.165, 1.54) is 43.8 Å². The van der Waals surface area contributed by atoms with Gasteiger partial charge in [-0.2, -0.15) is 0 Å². The van der Waals surface area contributed by atoms with E-state index in [-0.39, 0.29) is 0 Å². The SMILES string of the molecule is c1ccc2c(c1)Nc1ccccc1C2(c1ccc2ccccc2c1)c1ccc2ccccc2c1. The summed E-state index contributed by atoms with van der Waals surface area (Å²) in [6.45, 7) is 0. The van der Waals surface area contributed by atoms with Crippen LogP contribution in [0.4, 0.5) is 11.4 Å². The van der Waals surface area contributed by atoms with Crippen LogP contribution in [-0.2, 0) is 5.41 Å². The second-order valence-corrected chi connectivity index (χ2v) is 9.09. The Morgan fingerprint density at radius 2 is 0.794 bits per heavy atom. The number of para-hydroxylation sites is 2. The van der Waals surface area contributed by atoms with Crippen molar-refractivity contribution >= 4 is 32.9 Å². The average Bonchev–Trinajstić information content (AvgIpc) is 2.91. The summed E-state index contributed by atoms with van der Waals surface area (Å²) in [5.74, 6) is 0.